The maximum Gasteiger partial charge on any atom is 0.136 e. The topological polar surface area (TPSA) is 43.0 Å². The molecule has 0 saturated carbocycles. The fourth-order valence-electron chi connectivity index (χ4n) is 1.92. The van der Waals surface area contributed by atoms with Gasteiger partial charge in [-0.2, -0.15) is 5.10 Å². The van der Waals surface area contributed by atoms with Crippen molar-refractivity contribution >= 4 is 33.2 Å². The lowest BCUT2D eigenvalue weighted by atomic mass is 10.2. The summed E-state index contributed by atoms with van der Waals surface area (Å²) in [5.41, 5.74) is 1.71. The molecular formula is C14H11BrClN3O. The molecule has 1 N–H and O–H groups in total. The average molecular weight is 353 g/mol. The Bertz CT molecular complexity index is 709. The van der Waals surface area contributed by atoms with Crippen molar-refractivity contribution in [2.45, 2.75) is 6.54 Å². The quantitative estimate of drug-likeness (QED) is 0.752. The lowest BCUT2D eigenvalue weighted by Crippen LogP contribution is -2.05. The lowest BCUT2D eigenvalue weighted by Gasteiger charge is -2.13. The fourth-order valence-corrected chi connectivity index (χ4v) is 2.52. The van der Waals surface area contributed by atoms with E-state index in [0.717, 1.165) is 21.6 Å². The molecule has 3 aromatic rings. The number of benzene rings is 1. The number of aromatic nitrogens is 2. The van der Waals surface area contributed by atoms with Gasteiger partial charge in [-0.15, -0.1) is 0 Å². The summed E-state index contributed by atoms with van der Waals surface area (Å²) in [6, 6.07) is 9.42. The molecule has 0 aliphatic heterocycles. The van der Waals surface area contributed by atoms with E-state index < -0.39 is 0 Å². The van der Waals surface area contributed by atoms with Crippen molar-refractivity contribution in [3.8, 4) is 5.69 Å². The zero-order valence-corrected chi connectivity index (χ0v) is 12.7. The van der Waals surface area contributed by atoms with Crippen LogP contribution in [0.5, 0.6) is 0 Å². The van der Waals surface area contributed by atoms with Crippen molar-refractivity contribution in [1.82, 2.24) is 9.78 Å². The van der Waals surface area contributed by atoms with Crippen LogP contribution in [0, 0.1) is 0 Å². The Balaban J connectivity index is 1.90. The largest absolute Gasteiger partial charge is 0.466 e. The van der Waals surface area contributed by atoms with Crippen LogP contribution >= 0.6 is 27.5 Å². The van der Waals surface area contributed by atoms with Crippen LogP contribution in [0.4, 0.5) is 5.69 Å². The molecular weight excluding hydrogens is 342 g/mol. The standard InChI is InChI=1S/C14H11BrClN3O/c15-10-5-8-20-13(10)9-17-12-4-1-3-11(16)14(12)19-7-2-6-18-19/h1-8,17H,9H2. The van der Waals surface area contributed by atoms with Crippen LogP contribution in [0.3, 0.4) is 0 Å². The van der Waals surface area contributed by atoms with E-state index in [2.05, 4.69) is 26.3 Å². The van der Waals surface area contributed by atoms with Gasteiger partial charge in [-0.3, -0.25) is 0 Å². The average Bonchev–Trinajstić information content (AvgIpc) is 3.08. The molecule has 2 aromatic heterocycles. The molecule has 1 aromatic carbocycles. The van der Waals surface area contributed by atoms with E-state index in [-0.39, 0.29) is 0 Å². The van der Waals surface area contributed by atoms with Crippen molar-refractivity contribution in [3.05, 3.63) is 64.2 Å². The normalized spacial score (nSPS) is 10.7. The van der Waals surface area contributed by atoms with Crippen LogP contribution in [0.1, 0.15) is 5.76 Å². The minimum absolute atomic E-state index is 0.558. The summed E-state index contributed by atoms with van der Waals surface area (Å²) < 4.78 is 8.06. The summed E-state index contributed by atoms with van der Waals surface area (Å²) in [4.78, 5) is 0. The SMILES string of the molecule is Clc1cccc(NCc2occc2Br)c1-n1cccn1. The number of para-hydroxylation sites is 1. The summed E-state index contributed by atoms with van der Waals surface area (Å²) in [5.74, 6) is 0.830. The van der Waals surface area contributed by atoms with Crippen molar-refractivity contribution in [1.29, 1.82) is 0 Å². The van der Waals surface area contributed by atoms with Crippen LogP contribution in [-0.2, 0) is 6.54 Å². The third-order valence-electron chi connectivity index (χ3n) is 2.85. The van der Waals surface area contributed by atoms with E-state index in [0.29, 0.717) is 11.6 Å². The second-order valence-electron chi connectivity index (χ2n) is 4.13. The van der Waals surface area contributed by atoms with Crippen LogP contribution in [-0.4, -0.2) is 9.78 Å². The Morgan fingerprint density at radius 1 is 1.30 bits per heavy atom. The minimum atomic E-state index is 0.558. The zero-order chi connectivity index (χ0) is 13.9. The van der Waals surface area contributed by atoms with Gasteiger partial charge in [0.25, 0.3) is 0 Å². The summed E-state index contributed by atoms with van der Waals surface area (Å²) >= 11 is 9.71. The van der Waals surface area contributed by atoms with E-state index in [9.17, 15) is 0 Å². The van der Waals surface area contributed by atoms with E-state index in [1.807, 2.05) is 36.5 Å². The highest BCUT2D eigenvalue weighted by molar-refractivity contribution is 9.10. The molecule has 0 fully saturated rings. The van der Waals surface area contributed by atoms with Gasteiger partial charge in [-0.05, 0) is 40.2 Å². The Morgan fingerprint density at radius 3 is 2.90 bits per heavy atom. The molecule has 0 aliphatic rings. The lowest BCUT2D eigenvalue weighted by molar-refractivity contribution is 0.516. The number of furan rings is 1. The first-order chi connectivity index (χ1) is 9.75. The summed E-state index contributed by atoms with van der Waals surface area (Å²) in [6.07, 6.45) is 5.22. The van der Waals surface area contributed by atoms with Gasteiger partial charge in [0.15, 0.2) is 0 Å². The van der Waals surface area contributed by atoms with E-state index in [1.54, 1.807) is 17.1 Å². The van der Waals surface area contributed by atoms with Gasteiger partial charge in [0.1, 0.15) is 11.4 Å². The van der Waals surface area contributed by atoms with E-state index in [1.165, 1.54) is 0 Å². The van der Waals surface area contributed by atoms with Crippen molar-refractivity contribution in [2.75, 3.05) is 5.32 Å². The smallest absolute Gasteiger partial charge is 0.136 e. The monoisotopic (exact) mass is 351 g/mol. The van der Waals surface area contributed by atoms with Crippen LogP contribution in [0.25, 0.3) is 5.69 Å². The number of hydrogen-bond acceptors (Lipinski definition) is 3. The molecule has 3 rings (SSSR count). The molecule has 20 heavy (non-hydrogen) atoms. The molecule has 0 aliphatic carbocycles. The highest BCUT2D eigenvalue weighted by Crippen LogP contribution is 2.29. The molecule has 6 heteroatoms. The van der Waals surface area contributed by atoms with Gasteiger partial charge in [0.2, 0.25) is 0 Å². The first-order valence-corrected chi connectivity index (χ1v) is 7.17. The van der Waals surface area contributed by atoms with Gasteiger partial charge >= 0.3 is 0 Å². The first-order valence-electron chi connectivity index (χ1n) is 6.00. The van der Waals surface area contributed by atoms with Gasteiger partial charge in [-0.1, -0.05) is 17.7 Å². The first kappa shape index (κ1) is 13.3. The van der Waals surface area contributed by atoms with Gasteiger partial charge < -0.3 is 9.73 Å². The number of hydrogen-bond donors (Lipinski definition) is 1. The number of anilines is 1. The summed E-state index contributed by atoms with van der Waals surface area (Å²) in [7, 11) is 0. The summed E-state index contributed by atoms with van der Waals surface area (Å²) in [5, 5.41) is 8.18. The van der Waals surface area contributed by atoms with Crippen molar-refractivity contribution < 1.29 is 4.42 Å². The Kier molecular flexibility index (Phi) is 3.80. The van der Waals surface area contributed by atoms with E-state index in [4.69, 9.17) is 16.0 Å². The molecule has 0 amide bonds. The maximum atomic E-state index is 6.28. The molecule has 0 saturated heterocycles. The number of nitrogens with zero attached hydrogens (tertiary/aromatic N) is 2. The third-order valence-corrected chi connectivity index (χ3v) is 3.86. The molecule has 2 heterocycles. The number of nitrogens with one attached hydrogen (secondary N) is 1. The Morgan fingerprint density at radius 2 is 2.20 bits per heavy atom. The van der Waals surface area contributed by atoms with Gasteiger partial charge in [-0.25, -0.2) is 4.68 Å². The third kappa shape index (κ3) is 2.59. The highest BCUT2D eigenvalue weighted by atomic mass is 79.9. The fraction of sp³-hybridized carbons (Fsp3) is 0.0714. The molecule has 4 nitrogen and oxygen atoms in total. The van der Waals surface area contributed by atoms with E-state index >= 15 is 0 Å². The van der Waals surface area contributed by atoms with Crippen molar-refractivity contribution in [2.24, 2.45) is 0 Å². The summed E-state index contributed by atoms with van der Waals surface area (Å²) in [6.45, 7) is 0.558. The Hall–Kier alpha value is -1.72. The maximum absolute atomic E-state index is 6.28. The van der Waals surface area contributed by atoms with Crippen molar-refractivity contribution in [3.63, 3.8) is 0 Å². The predicted molar refractivity (Wildman–Crippen MR) is 82.3 cm³/mol. The molecule has 0 spiro atoms. The van der Waals surface area contributed by atoms with Gasteiger partial charge in [0.05, 0.1) is 28.0 Å². The minimum Gasteiger partial charge on any atom is -0.466 e. The molecule has 0 unspecified atom stereocenters. The van der Waals surface area contributed by atoms with Crippen LogP contribution in [0.15, 0.2) is 57.9 Å². The molecule has 0 atom stereocenters. The zero-order valence-electron chi connectivity index (χ0n) is 10.4. The highest BCUT2D eigenvalue weighted by Gasteiger charge is 2.10. The van der Waals surface area contributed by atoms with Gasteiger partial charge in [0, 0.05) is 12.4 Å². The number of rotatable bonds is 4. The molecule has 0 bridgehead atoms. The number of halogens is 2. The molecule has 0 radical (unpaired) electrons. The van der Waals surface area contributed by atoms with Crippen LogP contribution in [0.2, 0.25) is 5.02 Å². The second kappa shape index (κ2) is 5.73. The Labute approximate surface area is 129 Å². The predicted octanol–water partition coefficient (Wildman–Crippen LogP) is 4.49. The van der Waals surface area contributed by atoms with Crippen LogP contribution < -0.4 is 5.32 Å². The second-order valence-corrected chi connectivity index (χ2v) is 5.39. The molecule has 102 valence electrons.